The Kier molecular flexibility index (Phi) is 7.48. The molecule has 0 bridgehead atoms. The number of rotatable bonds is 8. The first-order valence-electron chi connectivity index (χ1n) is 11.3. The average Bonchev–Trinajstić information content (AvgIpc) is 2.85. The number of likely N-dealkylation sites (N-methyl/N-ethyl adjacent to an activating group) is 1. The zero-order chi connectivity index (χ0) is 24.8. The lowest BCUT2D eigenvalue weighted by molar-refractivity contribution is -0.117. The molecule has 3 aromatic carbocycles. The van der Waals surface area contributed by atoms with Gasteiger partial charge in [-0.25, -0.2) is 9.18 Å². The standard InChI is InChI=1S/C28H26FN3O3/c1-18-11-23(13-24(29)12-18)28(34)35-17-19-3-5-20(6-4-19)26(16-30-2)27(33)32-25-8-7-22-15-31-10-9-21(22)14-25/h3-15,26,30H,16-17H2,1-2H3,(H,32,33). The molecule has 1 atom stereocenters. The van der Waals surface area contributed by atoms with E-state index in [-0.39, 0.29) is 18.1 Å². The number of benzene rings is 3. The number of pyridine rings is 1. The van der Waals surface area contributed by atoms with Gasteiger partial charge in [-0.3, -0.25) is 9.78 Å². The number of hydrogen-bond donors (Lipinski definition) is 2. The largest absolute Gasteiger partial charge is 0.457 e. The summed E-state index contributed by atoms with van der Waals surface area (Å²) in [6.07, 6.45) is 3.50. The number of aryl methyl sites for hydroxylation is 1. The number of anilines is 1. The van der Waals surface area contributed by atoms with Crippen molar-refractivity contribution in [1.82, 2.24) is 10.3 Å². The third-order valence-corrected chi connectivity index (χ3v) is 5.66. The highest BCUT2D eigenvalue weighted by atomic mass is 19.1. The lowest BCUT2D eigenvalue weighted by Crippen LogP contribution is -2.29. The van der Waals surface area contributed by atoms with E-state index in [9.17, 15) is 14.0 Å². The molecule has 35 heavy (non-hydrogen) atoms. The molecule has 0 aliphatic carbocycles. The Morgan fingerprint density at radius 3 is 2.54 bits per heavy atom. The fourth-order valence-electron chi connectivity index (χ4n) is 3.89. The van der Waals surface area contributed by atoms with Crippen LogP contribution in [0.3, 0.4) is 0 Å². The molecule has 0 aliphatic rings. The third-order valence-electron chi connectivity index (χ3n) is 5.66. The lowest BCUT2D eigenvalue weighted by Gasteiger charge is -2.18. The minimum Gasteiger partial charge on any atom is -0.457 e. The molecular formula is C28H26FN3O3. The second kappa shape index (κ2) is 10.9. The van der Waals surface area contributed by atoms with E-state index in [1.54, 1.807) is 32.4 Å². The molecule has 2 N–H and O–H groups in total. The highest BCUT2D eigenvalue weighted by molar-refractivity contribution is 5.98. The molecule has 1 aromatic heterocycles. The van der Waals surface area contributed by atoms with Gasteiger partial charge in [0, 0.05) is 30.0 Å². The second-order valence-electron chi connectivity index (χ2n) is 8.37. The van der Waals surface area contributed by atoms with Gasteiger partial charge in [-0.1, -0.05) is 30.3 Å². The molecule has 4 rings (SSSR count). The topological polar surface area (TPSA) is 80.3 Å². The van der Waals surface area contributed by atoms with Crippen LogP contribution in [0.2, 0.25) is 0 Å². The molecule has 178 valence electrons. The first-order chi connectivity index (χ1) is 16.9. The minimum absolute atomic E-state index is 0.0452. The van der Waals surface area contributed by atoms with E-state index in [1.807, 2.05) is 48.5 Å². The molecule has 0 saturated heterocycles. The van der Waals surface area contributed by atoms with E-state index in [0.717, 1.165) is 28.0 Å². The maximum absolute atomic E-state index is 13.6. The predicted molar refractivity (Wildman–Crippen MR) is 134 cm³/mol. The zero-order valence-corrected chi connectivity index (χ0v) is 19.5. The van der Waals surface area contributed by atoms with Crippen molar-refractivity contribution < 1.29 is 18.7 Å². The van der Waals surface area contributed by atoms with Crippen molar-refractivity contribution in [2.45, 2.75) is 19.4 Å². The first-order valence-corrected chi connectivity index (χ1v) is 11.3. The summed E-state index contributed by atoms with van der Waals surface area (Å²) in [5.41, 5.74) is 3.14. The quantitative estimate of drug-likeness (QED) is 0.354. The number of carbonyl (C=O) groups is 2. The molecule has 4 aromatic rings. The van der Waals surface area contributed by atoms with Crippen LogP contribution >= 0.6 is 0 Å². The summed E-state index contributed by atoms with van der Waals surface area (Å²) in [5, 5.41) is 8.07. The van der Waals surface area contributed by atoms with Gasteiger partial charge in [0.05, 0.1) is 11.5 Å². The Bertz CT molecular complexity index is 1340. The number of aromatic nitrogens is 1. The molecule has 0 spiro atoms. The number of amides is 1. The van der Waals surface area contributed by atoms with Crippen LogP contribution in [0.25, 0.3) is 10.8 Å². The highest BCUT2D eigenvalue weighted by Crippen LogP contribution is 2.22. The molecule has 0 radical (unpaired) electrons. The maximum Gasteiger partial charge on any atom is 0.338 e. The molecular weight excluding hydrogens is 445 g/mol. The van der Waals surface area contributed by atoms with Gasteiger partial charge in [-0.2, -0.15) is 0 Å². The molecule has 1 heterocycles. The van der Waals surface area contributed by atoms with E-state index in [4.69, 9.17) is 4.74 Å². The normalized spacial score (nSPS) is 11.7. The van der Waals surface area contributed by atoms with Gasteiger partial charge in [-0.05, 0) is 72.4 Å². The molecule has 0 fully saturated rings. The summed E-state index contributed by atoms with van der Waals surface area (Å²) in [7, 11) is 1.80. The van der Waals surface area contributed by atoms with Crippen molar-refractivity contribution in [3.8, 4) is 0 Å². The van der Waals surface area contributed by atoms with Gasteiger partial charge < -0.3 is 15.4 Å². The van der Waals surface area contributed by atoms with Crippen LogP contribution in [0.5, 0.6) is 0 Å². The average molecular weight is 472 g/mol. The van der Waals surface area contributed by atoms with Crippen LogP contribution in [-0.2, 0) is 16.1 Å². The zero-order valence-electron chi connectivity index (χ0n) is 19.5. The van der Waals surface area contributed by atoms with Gasteiger partial charge in [-0.15, -0.1) is 0 Å². The smallest absolute Gasteiger partial charge is 0.338 e. The van der Waals surface area contributed by atoms with Gasteiger partial charge in [0.25, 0.3) is 0 Å². The Morgan fingerprint density at radius 1 is 1.00 bits per heavy atom. The second-order valence-corrected chi connectivity index (χ2v) is 8.37. The van der Waals surface area contributed by atoms with Crippen LogP contribution in [0, 0.1) is 12.7 Å². The van der Waals surface area contributed by atoms with E-state index in [2.05, 4.69) is 15.6 Å². The Labute approximate surface area is 203 Å². The van der Waals surface area contributed by atoms with Crippen LogP contribution in [0.4, 0.5) is 10.1 Å². The van der Waals surface area contributed by atoms with E-state index < -0.39 is 17.7 Å². The van der Waals surface area contributed by atoms with E-state index >= 15 is 0 Å². The number of nitrogens with one attached hydrogen (secondary N) is 2. The van der Waals surface area contributed by atoms with Crippen molar-refractivity contribution in [3.63, 3.8) is 0 Å². The lowest BCUT2D eigenvalue weighted by atomic mass is 9.96. The summed E-state index contributed by atoms with van der Waals surface area (Å²) in [6, 6.07) is 19.0. The van der Waals surface area contributed by atoms with Crippen molar-refractivity contribution in [2.24, 2.45) is 0 Å². The van der Waals surface area contributed by atoms with Crippen LogP contribution in [0.15, 0.2) is 79.1 Å². The molecule has 6 nitrogen and oxygen atoms in total. The Morgan fingerprint density at radius 2 is 1.80 bits per heavy atom. The number of carbonyl (C=O) groups excluding carboxylic acids is 2. The number of fused-ring (bicyclic) bond motifs is 1. The number of esters is 1. The summed E-state index contributed by atoms with van der Waals surface area (Å²) in [4.78, 5) is 29.5. The van der Waals surface area contributed by atoms with Crippen LogP contribution in [0.1, 0.15) is 33.0 Å². The van der Waals surface area contributed by atoms with E-state index in [1.165, 1.54) is 6.07 Å². The van der Waals surface area contributed by atoms with Crippen molar-refractivity contribution in [1.29, 1.82) is 0 Å². The van der Waals surface area contributed by atoms with Gasteiger partial charge in [0.15, 0.2) is 0 Å². The summed E-state index contributed by atoms with van der Waals surface area (Å²) >= 11 is 0. The predicted octanol–water partition coefficient (Wildman–Crippen LogP) is 4.98. The monoisotopic (exact) mass is 471 g/mol. The molecule has 0 aliphatic heterocycles. The highest BCUT2D eigenvalue weighted by Gasteiger charge is 2.20. The first kappa shape index (κ1) is 24.0. The summed E-state index contributed by atoms with van der Waals surface area (Å²) in [5.74, 6) is -1.61. The fourth-order valence-corrected chi connectivity index (χ4v) is 3.89. The maximum atomic E-state index is 13.6. The van der Waals surface area contributed by atoms with Gasteiger partial charge >= 0.3 is 5.97 Å². The van der Waals surface area contributed by atoms with Crippen molar-refractivity contribution >= 4 is 28.3 Å². The van der Waals surface area contributed by atoms with Crippen molar-refractivity contribution in [2.75, 3.05) is 18.9 Å². The summed E-state index contributed by atoms with van der Waals surface area (Å²) < 4.78 is 18.9. The number of halogens is 1. The van der Waals surface area contributed by atoms with Crippen LogP contribution in [-0.4, -0.2) is 30.5 Å². The van der Waals surface area contributed by atoms with Crippen LogP contribution < -0.4 is 10.6 Å². The SMILES string of the molecule is CNCC(C(=O)Nc1ccc2cnccc2c1)c1ccc(COC(=O)c2cc(C)cc(F)c2)cc1. The minimum atomic E-state index is -0.588. The van der Waals surface area contributed by atoms with Gasteiger partial charge in [0.1, 0.15) is 12.4 Å². The Hall–Kier alpha value is -4.10. The number of ether oxygens (including phenoxy) is 1. The van der Waals surface area contributed by atoms with E-state index in [0.29, 0.717) is 17.8 Å². The van der Waals surface area contributed by atoms with Gasteiger partial charge in [0.2, 0.25) is 5.91 Å². The Balaban J connectivity index is 1.42. The molecule has 1 amide bonds. The number of nitrogens with zero attached hydrogens (tertiary/aromatic N) is 1. The number of hydrogen-bond acceptors (Lipinski definition) is 5. The summed E-state index contributed by atoms with van der Waals surface area (Å²) in [6.45, 7) is 2.22. The fraction of sp³-hybridized carbons (Fsp3) is 0.179. The molecule has 1 unspecified atom stereocenters. The molecule has 0 saturated carbocycles. The third kappa shape index (κ3) is 6.07. The van der Waals surface area contributed by atoms with Crippen molar-refractivity contribution in [3.05, 3.63) is 107 Å². The molecule has 7 heteroatoms.